The molecule has 3 nitrogen and oxygen atoms in total. The Labute approximate surface area is 79.1 Å². The van der Waals surface area contributed by atoms with Gasteiger partial charge in [-0.3, -0.25) is 4.79 Å². The smallest absolute Gasteiger partial charge is 0.227 e. The highest BCUT2D eigenvalue weighted by atomic mass is 16.2. The van der Waals surface area contributed by atoms with Gasteiger partial charge in [-0.05, 0) is 31.6 Å². The fourth-order valence-corrected chi connectivity index (χ4v) is 1.80. The lowest BCUT2D eigenvalue weighted by atomic mass is 9.85. The van der Waals surface area contributed by atoms with E-state index in [0.29, 0.717) is 6.54 Å². The van der Waals surface area contributed by atoms with E-state index in [1.807, 2.05) is 0 Å². The second-order valence-corrected chi connectivity index (χ2v) is 4.49. The third-order valence-electron chi connectivity index (χ3n) is 3.50. The molecule has 2 aliphatic carbocycles. The molecule has 0 atom stereocenters. The van der Waals surface area contributed by atoms with Crippen LogP contribution in [0.25, 0.3) is 0 Å². The molecule has 3 N–H and O–H groups in total. The molecule has 13 heavy (non-hydrogen) atoms. The van der Waals surface area contributed by atoms with E-state index in [1.54, 1.807) is 0 Å². The second-order valence-electron chi connectivity index (χ2n) is 4.49. The molecular formula is C10H18N2O. The maximum Gasteiger partial charge on any atom is 0.227 e. The average Bonchev–Trinajstić information content (AvgIpc) is 2.81. The van der Waals surface area contributed by atoms with Gasteiger partial charge in [0.05, 0.1) is 5.41 Å². The number of hydrogen-bond acceptors (Lipinski definition) is 2. The fourth-order valence-electron chi connectivity index (χ4n) is 1.80. The number of carbonyl (C=O) groups is 1. The van der Waals surface area contributed by atoms with Crippen molar-refractivity contribution in [2.75, 3.05) is 13.1 Å². The van der Waals surface area contributed by atoms with Crippen LogP contribution in [0.5, 0.6) is 0 Å². The molecule has 0 radical (unpaired) electrons. The molecule has 74 valence electrons. The van der Waals surface area contributed by atoms with E-state index in [-0.39, 0.29) is 11.3 Å². The zero-order valence-electron chi connectivity index (χ0n) is 8.01. The summed E-state index contributed by atoms with van der Waals surface area (Å²) in [7, 11) is 0. The molecule has 0 aromatic heterocycles. The summed E-state index contributed by atoms with van der Waals surface area (Å²) < 4.78 is 0. The number of hydrogen-bond donors (Lipinski definition) is 2. The molecule has 0 unspecified atom stereocenters. The quantitative estimate of drug-likeness (QED) is 0.670. The summed E-state index contributed by atoms with van der Waals surface area (Å²) in [5, 5.41) is 3.02. The Hall–Kier alpha value is -0.570. The number of nitrogens with two attached hydrogens (primary N) is 1. The van der Waals surface area contributed by atoms with E-state index < -0.39 is 0 Å². The zero-order chi connectivity index (χ0) is 9.31. The first-order valence-corrected chi connectivity index (χ1v) is 5.25. The topological polar surface area (TPSA) is 55.1 Å². The Balaban J connectivity index is 1.71. The van der Waals surface area contributed by atoms with Crippen molar-refractivity contribution in [1.29, 1.82) is 0 Å². The number of carbonyl (C=O) groups excluding carboxylic acids is 1. The van der Waals surface area contributed by atoms with E-state index in [9.17, 15) is 4.79 Å². The van der Waals surface area contributed by atoms with Crippen molar-refractivity contribution in [2.45, 2.75) is 32.1 Å². The molecule has 0 aliphatic heterocycles. The predicted molar refractivity (Wildman–Crippen MR) is 51.1 cm³/mol. The standard InChI is InChI=1S/C10H18N2O/c11-7-10(4-5-10)9(13)12-6-8-2-1-3-8/h8H,1-7,11H2,(H,12,13). The van der Waals surface area contributed by atoms with Crippen LogP contribution in [0.15, 0.2) is 0 Å². The summed E-state index contributed by atoms with van der Waals surface area (Å²) in [5.41, 5.74) is 5.40. The maximum atomic E-state index is 11.6. The van der Waals surface area contributed by atoms with E-state index in [0.717, 1.165) is 25.3 Å². The highest BCUT2D eigenvalue weighted by molar-refractivity contribution is 5.85. The summed E-state index contributed by atoms with van der Waals surface area (Å²) in [6.45, 7) is 1.39. The molecular weight excluding hydrogens is 164 g/mol. The highest BCUT2D eigenvalue weighted by Crippen LogP contribution is 2.44. The van der Waals surface area contributed by atoms with Crippen molar-refractivity contribution < 1.29 is 4.79 Å². The fraction of sp³-hybridized carbons (Fsp3) is 0.900. The van der Waals surface area contributed by atoms with Gasteiger partial charge < -0.3 is 11.1 Å². The van der Waals surface area contributed by atoms with Crippen LogP contribution < -0.4 is 11.1 Å². The lowest BCUT2D eigenvalue weighted by Gasteiger charge is -2.26. The number of amides is 1. The van der Waals surface area contributed by atoms with Gasteiger partial charge in [-0.15, -0.1) is 0 Å². The highest BCUT2D eigenvalue weighted by Gasteiger charge is 2.48. The van der Waals surface area contributed by atoms with Gasteiger partial charge in [-0.1, -0.05) is 6.42 Å². The van der Waals surface area contributed by atoms with Crippen LogP contribution >= 0.6 is 0 Å². The normalized spacial score (nSPS) is 25.0. The van der Waals surface area contributed by atoms with E-state index in [4.69, 9.17) is 5.73 Å². The van der Waals surface area contributed by atoms with Crippen molar-refractivity contribution in [2.24, 2.45) is 17.1 Å². The number of rotatable bonds is 4. The summed E-state index contributed by atoms with van der Waals surface area (Å²) in [6.07, 6.45) is 5.88. The first kappa shape index (κ1) is 9.00. The van der Waals surface area contributed by atoms with Crippen molar-refractivity contribution in [3.05, 3.63) is 0 Å². The van der Waals surface area contributed by atoms with Crippen LogP contribution in [-0.2, 0) is 4.79 Å². The molecule has 0 aromatic rings. The Morgan fingerprint density at radius 2 is 2.15 bits per heavy atom. The molecule has 0 heterocycles. The van der Waals surface area contributed by atoms with Gasteiger partial charge >= 0.3 is 0 Å². The SMILES string of the molecule is NCC1(C(=O)NCC2CCC2)CC1. The minimum atomic E-state index is -0.163. The molecule has 2 fully saturated rings. The summed E-state index contributed by atoms with van der Waals surface area (Å²) in [6, 6.07) is 0. The molecule has 2 saturated carbocycles. The zero-order valence-corrected chi connectivity index (χ0v) is 8.01. The van der Waals surface area contributed by atoms with Gasteiger partial charge in [-0.2, -0.15) is 0 Å². The van der Waals surface area contributed by atoms with Crippen molar-refractivity contribution in [1.82, 2.24) is 5.32 Å². The third kappa shape index (κ3) is 1.70. The minimum absolute atomic E-state index is 0.163. The van der Waals surface area contributed by atoms with E-state index in [1.165, 1.54) is 19.3 Å². The summed E-state index contributed by atoms with van der Waals surface area (Å²) in [5.74, 6) is 0.944. The second kappa shape index (κ2) is 3.29. The van der Waals surface area contributed by atoms with Crippen LogP contribution in [0, 0.1) is 11.3 Å². The average molecular weight is 182 g/mol. The number of nitrogens with one attached hydrogen (secondary N) is 1. The molecule has 2 aliphatic rings. The first-order chi connectivity index (χ1) is 6.27. The van der Waals surface area contributed by atoms with Crippen LogP contribution in [0.3, 0.4) is 0 Å². The van der Waals surface area contributed by atoms with Crippen LogP contribution in [0.2, 0.25) is 0 Å². The van der Waals surface area contributed by atoms with Crippen LogP contribution in [0.1, 0.15) is 32.1 Å². The summed E-state index contributed by atoms with van der Waals surface area (Å²) >= 11 is 0. The molecule has 2 rings (SSSR count). The van der Waals surface area contributed by atoms with Gasteiger partial charge in [0, 0.05) is 13.1 Å². The van der Waals surface area contributed by atoms with Crippen LogP contribution in [0.4, 0.5) is 0 Å². The van der Waals surface area contributed by atoms with Gasteiger partial charge in [-0.25, -0.2) is 0 Å². The van der Waals surface area contributed by atoms with Crippen molar-refractivity contribution >= 4 is 5.91 Å². The van der Waals surface area contributed by atoms with Crippen LogP contribution in [-0.4, -0.2) is 19.0 Å². The minimum Gasteiger partial charge on any atom is -0.355 e. The largest absolute Gasteiger partial charge is 0.355 e. The molecule has 1 amide bonds. The van der Waals surface area contributed by atoms with Gasteiger partial charge in [0.2, 0.25) is 5.91 Å². The lowest BCUT2D eigenvalue weighted by molar-refractivity contribution is -0.126. The van der Waals surface area contributed by atoms with Gasteiger partial charge in [0.1, 0.15) is 0 Å². The monoisotopic (exact) mass is 182 g/mol. The van der Waals surface area contributed by atoms with E-state index >= 15 is 0 Å². The van der Waals surface area contributed by atoms with Crippen molar-refractivity contribution in [3.63, 3.8) is 0 Å². The molecule has 0 saturated heterocycles. The predicted octanol–water partition coefficient (Wildman–Crippen LogP) is 0.642. The van der Waals surface area contributed by atoms with Gasteiger partial charge in [0.25, 0.3) is 0 Å². The Kier molecular flexibility index (Phi) is 2.28. The van der Waals surface area contributed by atoms with Crippen molar-refractivity contribution in [3.8, 4) is 0 Å². The van der Waals surface area contributed by atoms with Gasteiger partial charge in [0.15, 0.2) is 0 Å². The third-order valence-corrected chi connectivity index (χ3v) is 3.50. The Morgan fingerprint density at radius 1 is 1.46 bits per heavy atom. The summed E-state index contributed by atoms with van der Waals surface area (Å²) in [4.78, 5) is 11.6. The molecule has 3 heteroatoms. The first-order valence-electron chi connectivity index (χ1n) is 5.25. The molecule has 0 aromatic carbocycles. The Bertz CT molecular complexity index is 207. The molecule has 0 bridgehead atoms. The Morgan fingerprint density at radius 3 is 2.54 bits per heavy atom. The lowest BCUT2D eigenvalue weighted by Crippen LogP contribution is -2.40. The maximum absolute atomic E-state index is 11.6. The van der Waals surface area contributed by atoms with E-state index in [2.05, 4.69) is 5.32 Å². The molecule has 0 spiro atoms.